The third-order valence-corrected chi connectivity index (χ3v) is 3.78. The van der Waals surface area contributed by atoms with Gasteiger partial charge in [-0.05, 0) is 19.3 Å². The van der Waals surface area contributed by atoms with Crippen LogP contribution in [-0.2, 0) is 14.6 Å². The summed E-state index contributed by atoms with van der Waals surface area (Å²) in [6.07, 6.45) is 1.99. The molecule has 0 spiro atoms. The van der Waals surface area contributed by atoms with Crippen LogP contribution < -0.4 is 0 Å². The molecule has 0 heterocycles. The first-order chi connectivity index (χ1) is 6.43. The Hall–Kier alpha value is -0.130. The normalized spacial score (nSPS) is 31.8. The van der Waals surface area contributed by atoms with Gasteiger partial charge in [-0.3, -0.25) is 0 Å². The molecule has 0 aromatic carbocycles. The van der Waals surface area contributed by atoms with Crippen molar-refractivity contribution in [1.82, 2.24) is 0 Å². The van der Waals surface area contributed by atoms with Crippen LogP contribution in [0.2, 0.25) is 0 Å². The standard InChI is InChI=1S/C9H18O4S/c1-3-13-7-9(6-10)4-8(9)5-14(2,11)12/h8,10H,3-7H2,1-2H3/t8-,9+/m1/s1. The van der Waals surface area contributed by atoms with Gasteiger partial charge in [0.2, 0.25) is 0 Å². The lowest BCUT2D eigenvalue weighted by Gasteiger charge is -2.13. The second kappa shape index (κ2) is 4.16. The van der Waals surface area contributed by atoms with E-state index in [2.05, 4.69) is 0 Å². The molecule has 1 N–H and O–H groups in total. The van der Waals surface area contributed by atoms with Gasteiger partial charge in [0.15, 0.2) is 0 Å². The molecule has 0 saturated heterocycles. The highest BCUT2D eigenvalue weighted by Gasteiger charge is 2.54. The summed E-state index contributed by atoms with van der Waals surface area (Å²) in [6.45, 7) is 2.99. The number of ether oxygens (including phenoxy) is 1. The van der Waals surface area contributed by atoms with E-state index in [-0.39, 0.29) is 23.7 Å². The van der Waals surface area contributed by atoms with Crippen molar-refractivity contribution in [3.63, 3.8) is 0 Å². The molecule has 1 fully saturated rings. The highest BCUT2D eigenvalue weighted by molar-refractivity contribution is 7.90. The summed E-state index contributed by atoms with van der Waals surface area (Å²) < 4.78 is 27.3. The first-order valence-electron chi connectivity index (χ1n) is 4.80. The number of hydrogen-bond donors (Lipinski definition) is 1. The van der Waals surface area contributed by atoms with Crippen LogP contribution in [0.4, 0.5) is 0 Å². The van der Waals surface area contributed by atoms with Gasteiger partial charge in [0, 0.05) is 18.3 Å². The fourth-order valence-electron chi connectivity index (χ4n) is 1.75. The molecule has 1 rings (SSSR count). The van der Waals surface area contributed by atoms with Crippen LogP contribution in [0, 0.1) is 11.3 Å². The van der Waals surface area contributed by atoms with E-state index in [1.165, 1.54) is 6.26 Å². The predicted octanol–water partition coefficient (Wildman–Crippen LogP) is 0.0661. The Morgan fingerprint density at radius 2 is 2.21 bits per heavy atom. The smallest absolute Gasteiger partial charge is 0.147 e. The molecule has 0 unspecified atom stereocenters. The fraction of sp³-hybridized carbons (Fsp3) is 1.00. The van der Waals surface area contributed by atoms with Crippen LogP contribution in [0.5, 0.6) is 0 Å². The van der Waals surface area contributed by atoms with Crippen LogP contribution in [0.1, 0.15) is 13.3 Å². The van der Waals surface area contributed by atoms with Crippen molar-refractivity contribution < 1.29 is 18.3 Å². The lowest BCUT2D eigenvalue weighted by atomic mass is 10.1. The van der Waals surface area contributed by atoms with Gasteiger partial charge < -0.3 is 9.84 Å². The second-order valence-electron chi connectivity index (χ2n) is 4.15. The zero-order chi connectivity index (χ0) is 10.8. The molecule has 84 valence electrons. The van der Waals surface area contributed by atoms with Gasteiger partial charge in [0.25, 0.3) is 0 Å². The van der Waals surface area contributed by atoms with E-state index in [0.29, 0.717) is 13.2 Å². The molecule has 1 saturated carbocycles. The van der Waals surface area contributed by atoms with E-state index in [0.717, 1.165) is 6.42 Å². The number of sulfone groups is 1. The van der Waals surface area contributed by atoms with Crippen molar-refractivity contribution in [3.05, 3.63) is 0 Å². The first kappa shape index (κ1) is 11.9. The summed E-state index contributed by atoms with van der Waals surface area (Å²) in [7, 11) is -2.93. The average molecular weight is 222 g/mol. The number of hydrogen-bond acceptors (Lipinski definition) is 4. The summed E-state index contributed by atoms with van der Waals surface area (Å²) >= 11 is 0. The average Bonchev–Trinajstić information content (AvgIpc) is 2.73. The Kier molecular flexibility index (Phi) is 3.55. The minimum atomic E-state index is -2.93. The quantitative estimate of drug-likeness (QED) is 0.690. The van der Waals surface area contributed by atoms with E-state index >= 15 is 0 Å². The summed E-state index contributed by atoms with van der Waals surface area (Å²) in [6, 6.07) is 0. The van der Waals surface area contributed by atoms with Crippen LogP contribution in [0.15, 0.2) is 0 Å². The van der Waals surface area contributed by atoms with Crippen molar-refractivity contribution in [2.24, 2.45) is 11.3 Å². The Bertz CT molecular complexity index is 285. The maximum absolute atomic E-state index is 11.0. The Morgan fingerprint density at radius 1 is 1.57 bits per heavy atom. The van der Waals surface area contributed by atoms with Gasteiger partial charge >= 0.3 is 0 Å². The molecule has 2 atom stereocenters. The van der Waals surface area contributed by atoms with Crippen molar-refractivity contribution >= 4 is 9.84 Å². The van der Waals surface area contributed by atoms with Crippen molar-refractivity contribution in [1.29, 1.82) is 0 Å². The van der Waals surface area contributed by atoms with Crippen LogP contribution in [0.3, 0.4) is 0 Å². The van der Waals surface area contributed by atoms with E-state index in [1.54, 1.807) is 0 Å². The summed E-state index contributed by atoms with van der Waals surface area (Å²) in [5.41, 5.74) is -0.279. The van der Waals surface area contributed by atoms with Crippen molar-refractivity contribution in [3.8, 4) is 0 Å². The van der Waals surface area contributed by atoms with E-state index in [9.17, 15) is 13.5 Å². The predicted molar refractivity (Wildman–Crippen MR) is 53.8 cm³/mol. The van der Waals surface area contributed by atoms with Gasteiger partial charge in [-0.2, -0.15) is 0 Å². The molecule has 14 heavy (non-hydrogen) atoms. The third kappa shape index (κ3) is 2.93. The molecular formula is C9H18O4S. The van der Waals surface area contributed by atoms with Crippen LogP contribution >= 0.6 is 0 Å². The van der Waals surface area contributed by atoms with Gasteiger partial charge in [-0.1, -0.05) is 0 Å². The van der Waals surface area contributed by atoms with Gasteiger partial charge in [0.1, 0.15) is 9.84 Å². The highest BCUT2D eigenvalue weighted by Crippen LogP contribution is 2.52. The van der Waals surface area contributed by atoms with Crippen molar-refractivity contribution in [2.45, 2.75) is 13.3 Å². The molecule has 0 aromatic rings. The summed E-state index contributed by atoms with van der Waals surface area (Å²) in [5, 5.41) is 9.18. The zero-order valence-corrected chi connectivity index (χ0v) is 9.51. The molecular weight excluding hydrogens is 204 g/mol. The maximum Gasteiger partial charge on any atom is 0.147 e. The van der Waals surface area contributed by atoms with Gasteiger partial charge in [-0.25, -0.2) is 8.42 Å². The van der Waals surface area contributed by atoms with E-state index < -0.39 is 9.84 Å². The molecule has 0 radical (unpaired) electrons. The zero-order valence-electron chi connectivity index (χ0n) is 8.69. The monoisotopic (exact) mass is 222 g/mol. The number of aliphatic hydroxyl groups excluding tert-OH is 1. The minimum Gasteiger partial charge on any atom is -0.396 e. The summed E-state index contributed by atoms with van der Waals surface area (Å²) in [5.74, 6) is 0.245. The number of rotatable bonds is 6. The maximum atomic E-state index is 11.0. The first-order valence-corrected chi connectivity index (χ1v) is 6.86. The number of aliphatic hydroxyl groups is 1. The lowest BCUT2D eigenvalue weighted by Crippen LogP contribution is -2.21. The Morgan fingerprint density at radius 3 is 2.64 bits per heavy atom. The highest BCUT2D eigenvalue weighted by atomic mass is 32.2. The molecule has 1 aliphatic carbocycles. The van der Waals surface area contributed by atoms with Crippen LogP contribution in [-0.4, -0.2) is 45.4 Å². The molecule has 5 heteroatoms. The fourth-order valence-corrected chi connectivity index (χ4v) is 2.96. The van der Waals surface area contributed by atoms with Gasteiger partial charge in [-0.15, -0.1) is 0 Å². The molecule has 1 aliphatic rings. The van der Waals surface area contributed by atoms with E-state index in [1.807, 2.05) is 6.92 Å². The molecule has 0 amide bonds. The van der Waals surface area contributed by atoms with E-state index in [4.69, 9.17) is 4.74 Å². The second-order valence-corrected chi connectivity index (χ2v) is 6.34. The van der Waals surface area contributed by atoms with Crippen molar-refractivity contribution in [2.75, 3.05) is 31.8 Å². The Balaban J connectivity index is 2.46. The van der Waals surface area contributed by atoms with Gasteiger partial charge in [0.05, 0.1) is 19.0 Å². The molecule has 0 bridgehead atoms. The molecule has 0 aromatic heterocycles. The Labute approximate surface area is 85.2 Å². The van der Waals surface area contributed by atoms with Crippen LogP contribution in [0.25, 0.3) is 0 Å². The minimum absolute atomic E-state index is 0.0210. The molecule has 0 aliphatic heterocycles. The SMILES string of the molecule is CCOC[C@@]1(CO)C[C@@H]1CS(C)(=O)=O. The largest absolute Gasteiger partial charge is 0.396 e. The molecule has 4 nitrogen and oxygen atoms in total. The third-order valence-electron chi connectivity index (χ3n) is 2.77. The topological polar surface area (TPSA) is 63.6 Å². The summed E-state index contributed by atoms with van der Waals surface area (Å²) in [4.78, 5) is 0. The lowest BCUT2D eigenvalue weighted by molar-refractivity contribution is 0.0619.